The van der Waals surface area contributed by atoms with E-state index in [9.17, 15) is 4.79 Å². The van der Waals surface area contributed by atoms with Crippen LogP contribution in [0.5, 0.6) is 17.2 Å². The molecule has 2 heterocycles. The molecule has 23 heavy (non-hydrogen) atoms. The highest BCUT2D eigenvalue weighted by Crippen LogP contribution is 2.44. The van der Waals surface area contributed by atoms with Gasteiger partial charge in [-0.05, 0) is 36.2 Å². The van der Waals surface area contributed by atoms with Crippen LogP contribution in [0.3, 0.4) is 0 Å². The molecular weight excluding hydrogens is 294 g/mol. The molecule has 1 N–H and O–H groups in total. The fourth-order valence-corrected chi connectivity index (χ4v) is 3.14. The van der Waals surface area contributed by atoms with Crippen molar-refractivity contribution >= 4 is 11.6 Å². The van der Waals surface area contributed by atoms with Crippen LogP contribution in [0.2, 0.25) is 0 Å². The Labute approximate surface area is 134 Å². The van der Waals surface area contributed by atoms with E-state index in [1.807, 2.05) is 43.3 Å². The second kappa shape index (κ2) is 5.50. The summed E-state index contributed by atoms with van der Waals surface area (Å²) in [7, 11) is 0. The van der Waals surface area contributed by atoms with Crippen molar-refractivity contribution in [3.63, 3.8) is 0 Å². The van der Waals surface area contributed by atoms with Crippen LogP contribution in [-0.4, -0.2) is 19.3 Å². The van der Waals surface area contributed by atoms with Crippen molar-refractivity contribution in [1.82, 2.24) is 0 Å². The Morgan fingerprint density at radius 1 is 1.22 bits per heavy atom. The summed E-state index contributed by atoms with van der Waals surface area (Å²) in [5.74, 6) is 2.20. The van der Waals surface area contributed by atoms with Gasteiger partial charge in [0.25, 0.3) is 0 Å². The monoisotopic (exact) mass is 311 g/mol. The molecule has 1 amide bonds. The number of anilines is 1. The number of ether oxygens (including phenoxy) is 3. The van der Waals surface area contributed by atoms with Gasteiger partial charge in [0.2, 0.25) is 12.7 Å². The quantitative estimate of drug-likeness (QED) is 0.945. The van der Waals surface area contributed by atoms with Gasteiger partial charge < -0.3 is 19.5 Å². The molecule has 0 spiro atoms. The highest BCUT2D eigenvalue weighted by Gasteiger charge is 2.30. The second-order valence-corrected chi connectivity index (χ2v) is 5.60. The molecule has 0 radical (unpaired) electrons. The minimum atomic E-state index is -0.0198. The molecule has 5 nitrogen and oxygen atoms in total. The van der Waals surface area contributed by atoms with E-state index >= 15 is 0 Å². The predicted molar refractivity (Wildman–Crippen MR) is 85.3 cm³/mol. The van der Waals surface area contributed by atoms with E-state index in [4.69, 9.17) is 14.2 Å². The van der Waals surface area contributed by atoms with Crippen LogP contribution in [0.1, 0.15) is 30.4 Å². The Kier molecular flexibility index (Phi) is 3.33. The standard InChI is InChI=1S/C18H17NO4/c1-2-21-12-5-3-4-11(6-12)13-8-18(20)19-15-9-17-16(7-14(13)15)22-10-23-17/h3-7,9,13H,2,8,10H2,1H3,(H,19,20). The van der Waals surface area contributed by atoms with Gasteiger partial charge in [-0.1, -0.05) is 12.1 Å². The van der Waals surface area contributed by atoms with Gasteiger partial charge in [-0.2, -0.15) is 0 Å². The first-order valence-electron chi connectivity index (χ1n) is 7.70. The molecule has 0 aromatic heterocycles. The smallest absolute Gasteiger partial charge is 0.231 e. The molecule has 4 rings (SSSR count). The molecule has 0 saturated carbocycles. The van der Waals surface area contributed by atoms with E-state index in [1.54, 1.807) is 0 Å². The summed E-state index contributed by atoms with van der Waals surface area (Å²) in [5, 5.41) is 2.92. The van der Waals surface area contributed by atoms with Gasteiger partial charge in [-0.25, -0.2) is 0 Å². The summed E-state index contributed by atoms with van der Waals surface area (Å²) in [4.78, 5) is 12.1. The average Bonchev–Trinajstić information content (AvgIpc) is 3.00. The van der Waals surface area contributed by atoms with Crippen molar-refractivity contribution in [3.8, 4) is 17.2 Å². The van der Waals surface area contributed by atoms with Crippen molar-refractivity contribution in [3.05, 3.63) is 47.5 Å². The fraction of sp³-hybridized carbons (Fsp3) is 0.278. The molecule has 1 atom stereocenters. The first kappa shape index (κ1) is 13.9. The van der Waals surface area contributed by atoms with Gasteiger partial charge in [0.05, 0.1) is 6.61 Å². The first-order chi connectivity index (χ1) is 11.2. The number of hydrogen-bond donors (Lipinski definition) is 1. The van der Waals surface area contributed by atoms with Crippen LogP contribution < -0.4 is 19.5 Å². The summed E-state index contributed by atoms with van der Waals surface area (Å²) in [5.41, 5.74) is 2.89. The zero-order chi connectivity index (χ0) is 15.8. The summed E-state index contributed by atoms with van der Waals surface area (Å²) < 4.78 is 16.5. The Morgan fingerprint density at radius 3 is 2.87 bits per heavy atom. The van der Waals surface area contributed by atoms with E-state index < -0.39 is 0 Å². The number of hydrogen-bond acceptors (Lipinski definition) is 4. The van der Waals surface area contributed by atoms with Crippen molar-refractivity contribution in [2.75, 3.05) is 18.7 Å². The molecule has 0 fully saturated rings. The van der Waals surface area contributed by atoms with Gasteiger partial charge in [0, 0.05) is 24.1 Å². The Bertz CT molecular complexity index is 772. The second-order valence-electron chi connectivity index (χ2n) is 5.60. The number of rotatable bonds is 3. The molecule has 2 aromatic rings. The minimum Gasteiger partial charge on any atom is -0.494 e. The van der Waals surface area contributed by atoms with Crippen molar-refractivity contribution in [1.29, 1.82) is 0 Å². The Balaban J connectivity index is 1.78. The van der Waals surface area contributed by atoms with E-state index in [-0.39, 0.29) is 18.6 Å². The molecule has 2 aromatic carbocycles. The molecule has 0 saturated heterocycles. The summed E-state index contributed by atoms with van der Waals surface area (Å²) in [6, 6.07) is 11.7. The number of fused-ring (bicyclic) bond motifs is 2. The molecule has 5 heteroatoms. The summed E-state index contributed by atoms with van der Waals surface area (Å²) in [6.45, 7) is 2.79. The van der Waals surface area contributed by atoms with Gasteiger partial charge in [-0.3, -0.25) is 4.79 Å². The number of carbonyl (C=O) groups excluding carboxylic acids is 1. The highest BCUT2D eigenvalue weighted by atomic mass is 16.7. The van der Waals surface area contributed by atoms with Crippen LogP contribution in [0.25, 0.3) is 0 Å². The maximum Gasteiger partial charge on any atom is 0.231 e. The molecule has 118 valence electrons. The van der Waals surface area contributed by atoms with Gasteiger partial charge in [0.1, 0.15) is 5.75 Å². The molecule has 2 aliphatic heterocycles. The largest absolute Gasteiger partial charge is 0.494 e. The maximum atomic E-state index is 12.1. The van der Waals surface area contributed by atoms with Gasteiger partial charge in [0.15, 0.2) is 11.5 Å². The van der Waals surface area contributed by atoms with Crippen LogP contribution in [-0.2, 0) is 4.79 Å². The molecule has 2 aliphatic rings. The lowest BCUT2D eigenvalue weighted by atomic mass is 9.84. The van der Waals surface area contributed by atoms with E-state index in [1.165, 1.54) is 0 Å². The topological polar surface area (TPSA) is 56.8 Å². The Morgan fingerprint density at radius 2 is 2.04 bits per heavy atom. The molecular formula is C18H17NO4. The highest BCUT2D eigenvalue weighted by molar-refractivity contribution is 5.96. The van der Waals surface area contributed by atoms with E-state index in [0.717, 1.165) is 28.3 Å². The average molecular weight is 311 g/mol. The van der Waals surface area contributed by atoms with Crippen molar-refractivity contribution in [2.24, 2.45) is 0 Å². The van der Waals surface area contributed by atoms with Gasteiger partial charge >= 0.3 is 0 Å². The third-order valence-corrected chi connectivity index (χ3v) is 4.16. The van der Waals surface area contributed by atoms with Crippen LogP contribution in [0.4, 0.5) is 5.69 Å². The fourth-order valence-electron chi connectivity index (χ4n) is 3.14. The predicted octanol–water partition coefficient (Wildman–Crippen LogP) is 3.29. The SMILES string of the molecule is CCOc1cccc(C2CC(=O)Nc3cc4c(cc32)OCO4)c1. The lowest BCUT2D eigenvalue weighted by Crippen LogP contribution is -2.23. The first-order valence-corrected chi connectivity index (χ1v) is 7.70. The Hall–Kier alpha value is -2.69. The number of benzene rings is 2. The van der Waals surface area contributed by atoms with Crippen LogP contribution >= 0.6 is 0 Å². The lowest BCUT2D eigenvalue weighted by Gasteiger charge is -2.26. The van der Waals surface area contributed by atoms with E-state index in [0.29, 0.717) is 18.8 Å². The molecule has 0 aliphatic carbocycles. The lowest BCUT2D eigenvalue weighted by molar-refractivity contribution is -0.116. The van der Waals surface area contributed by atoms with Gasteiger partial charge in [-0.15, -0.1) is 0 Å². The zero-order valence-corrected chi connectivity index (χ0v) is 12.8. The third-order valence-electron chi connectivity index (χ3n) is 4.16. The van der Waals surface area contributed by atoms with Crippen molar-refractivity contribution < 1.29 is 19.0 Å². The normalized spacial score (nSPS) is 18.3. The van der Waals surface area contributed by atoms with Crippen LogP contribution in [0, 0.1) is 0 Å². The molecule has 0 bridgehead atoms. The maximum absolute atomic E-state index is 12.1. The summed E-state index contributed by atoms with van der Waals surface area (Å²) in [6.07, 6.45) is 0.405. The minimum absolute atomic E-state index is 0.00294. The number of amides is 1. The third kappa shape index (κ3) is 2.48. The number of nitrogens with one attached hydrogen (secondary N) is 1. The molecule has 1 unspecified atom stereocenters. The van der Waals surface area contributed by atoms with E-state index in [2.05, 4.69) is 5.32 Å². The van der Waals surface area contributed by atoms with Crippen LogP contribution in [0.15, 0.2) is 36.4 Å². The summed E-state index contributed by atoms with van der Waals surface area (Å²) >= 11 is 0. The van der Waals surface area contributed by atoms with Crippen molar-refractivity contribution in [2.45, 2.75) is 19.3 Å². The zero-order valence-electron chi connectivity index (χ0n) is 12.8. The number of carbonyl (C=O) groups is 1.